The highest BCUT2D eigenvalue weighted by Crippen LogP contribution is 2.43. The molecule has 1 aromatic carbocycles. The molecule has 4 rings (SSSR count). The first kappa shape index (κ1) is 20.8. The molecule has 0 saturated carbocycles. The maximum atomic E-state index is 10.6. The van der Waals surface area contributed by atoms with E-state index in [0.717, 1.165) is 41.2 Å². The van der Waals surface area contributed by atoms with Gasteiger partial charge in [0.1, 0.15) is 5.82 Å². The summed E-state index contributed by atoms with van der Waals surface area (Å²) in [6.45, 7) is 6.16. The molecule has 1 aliphatic carbocycles. The molecular weight excluding hydrogens is 404 g/mol. The van der Waals surface area contributed by atoms with Gasteiger partial charge in [0.15, 0.2) is 17.1 Å². The van der Waals surface area contributed by atoms with Crippen molar-refractivity contribution in [2.24, 2.45) is 0 Å². The Kier molecular flexibility index (Phi) is 5.51. The second kappa shape index (κ2) is 7.96. The molecule has 3 aromatic rings. The Morgan fingerprint density at radius 1 is 1.33 bits per heavy atom. The number of aliphatic hydroxyl groups excluding tert-OH is 1. The Hall–Kier alpha value is -2.51. The smallest absolute Gasteiger partial charge is 0.165 e. The summed E-state index contributed by atoms with van der Waals surface area (Å²) >= 11 is 6.54. The number of phenolic OH excluding ortho intramolecular Hbond substituents is 1. The van der Waals surface area contributed by atoms with Crippen LogP contribution in [0.15, 0.2) is 12.1 Å². The number of phenols is 1. The zero-order chi connectivity index (χ0) is 21.6. The zero-order valence-electron chi connectivity index (χ0n) is 17.7. The van der Waals surface area contributed by atoms with Crippen molar-refractivity contribution in [2.45, 2.75) is 58.6 Å². The highest BCUT2D eigenvalue weighted by atomic mass is 35.5. The molecule has 1 unspecified atom stereocenters. The summed E-state index contributed by atoms with van der Waals surface area (Å²) in [6.07, 6.45) is 2.70. The van der Waals surface area contributed by atoms with Crippen LogP contribution >= 0.6 is 11.6 Å². The summed E-state index contributed by atoms with van der Waals surface area (Å²) in [5.74, 6) is 1.10. The molecule has 3 N–H and O–H groups in total. The van der Waals surface area contributed by atoms with Crippen LogP contribution in [-0.2, 0) is 6.42 Å². The number of aryl methyl sites for hydroxylation is 2. The number of hydrogen-bond acceptors (Lipinski definition) is 6. The summed E-state index contributed by atoms with van der Waals surface area (Å²) < 4.78 is 6.94. The topological polar surface area (TPSA) is 91.9 Å². The van der Waals surface area contributed by atoms with E-state index < -0.39 is 6.10 Å². The van der Waals surface area contributed by atoms with Crippen LogP contribution in [0.1, 0.15) is 56.2 Å². The molecule has 7 nitrogen and oxygen atoms in total. The Labute approximate surface area is 180 Å². The quantitative estimate of drug-likeness (QED) is 0.527. The van der Waals surface area contributed by atoms with Crippen LogP contribution in [0.5, 0.6) is 11.5 Å². The third kappa shape index (κ3) is 3.26. The molecule has 2 heterocycles. The van der Waals surface area contributed by atoms with Gasteiger partial charge in [0.05, 0.1) is 35.2 Å². The zero-order valence-corrected chi connectivity index (χ0v) is 18.4. The number of nitrogens with zero attached hydrogens (tertiary/aromatic N) is 3. The number of aromatic nitrogens is 3. The van der Waals surface area contributed by atoms with Crippen molar-refractivity contribution in [1.82, 2.24) is 14.6 Å². The number of nitrogens with one attached hydrogen (secondary N) is 1. The van der Waals surface area contributed by atoms with Gasteiger partial charge in [-0.05, 0) is 38.7 Å². The monoisotopic (exact) mass is 430 g/mol. The second-order valence-electron chi connectivity index (χ2n) is 7.73. The first-order valence-corrected chi connectivity index (χ1v) is 10.7. The van der Waals surface area contributed by atoms with Crippen LogP contribution < -0.4 is 10.1 Å². The number of ether oxygens (including phenoxy) is 1. The number of methoxy groups -OCH3 is 1. The molecule has 160 valence electrons. The van der Waals surface area contributed by atoms with Gasteiger partial charge in [-0.25, -0.2) is 4.98 Å². The molecule has 0 bridgehead atoms. The molecule has 2 aromatic heterocycles. The van der Waals surface area contributed by atoms with E-state index >= 15 is 0 Å². The number of halogens is 1. The summed E-state index contributed by atoms with van der Waals surface area (Å²) in [6, 6.07) is 3.44. The van der Waals surface area contributed by atoms with E-state index in [2.05, 4.69) is 19.2 Å². The van der Waals surface area contributed by atoms with Crippen molar-refractivity contribution in [2.75, 3.05) is 12.4 Å². The van der Waals surface area contributed by atoms with E-state index in [1.807, 2.05) is 6.92 Å². The normalized spacial score (nSPS) is 15.8. The van der Waals surface area contributed by atoms with Crippen molar-refractivity contribution in [3.8, 4) is 22.6 Å². The van der Waals surface area contributed by atoms with Gasteiger partial charge in [-0.1, -0.05) is 25.4 Å². The number of anilines is 1. The van der Waals surface area contributed by atoms with E-state index in [4.69, 9.17) is 26.4 Å². The van der Waals surface area contributed by atoms with Gasteiger partial charge >= 0.3 is 0 Å². The molecular formula is C22H27ClN4O3. The largest absolute Gasteiger partial charge is 0.504 e. The molecule has 1 aliphatic rings. The summed E-state index contributed by atoms with van der Waals surface area (Å²) in [5, 5.41) is 29.7. The molecule has 0 fully saturated rings. The van der Waals surface area contributed by atoms with Crippen molar-refractivity contribution in [3.63, 3.8) is 0 Å². The number of fused-ring (bicyclic) bond motifs is 2. The first-order chi connectivity index (χ1) is 14.4. The van der Waals surface area contributed by atoms with Crippen molar-refractivity contribution in [3.05, 3.63) is 34.1 Å². The Morgan fingerprint density at radius 3 is 2.73 bits per heavy atom. The van der Waals surface area contributed by atoms with E-state index in [1.54, 1.807) is 16.6 Å². The molecule has 0 saturated heterocycles. The molecule has 8 heteroatoms. The maximum Gasteiger partial charge on any atom is 0.165 e. The average molecular weight is 431 g/mol. The minimum absolute atomic E-state index is 0.00242. The molecule has 0 spiro atoms. The van der Waals surface area contributed by atoms with Crippen LogP contribution in [-0.4, -0.2) is 38.0 Å². The number of aliphatic hydroxyl groups is 1. The van der Waals surface area contributed by atoms with Gasteiger partial charge in [0.25, 0.3) is 0 Å². The molecule has 30 heavy (non-hydrogen) atoms. The lowest BCUT2D eigenvalue weighted by Gasteiger charge is -2.21. The lowest BCUT2D eigenvalue weighted by molar-refractivity contribution is 0.180. The summed E-state index contributed by atoms with van der Waals surface area (Å²) in [7, 11) is 1.48. The third-order valence-corrected chi connectivity index (χ3v) is 6.22. The van der Waals surface area contributed by atoms with Gasteiger partial charge in [-0.2, -0.15) is 9.61 Å². The van der Waals surface area contributed by atoms with Crippen LogP contribution in [0.4, 0.5) is 5.82 Å². The van der Waals surface area contributed by atoms with Crippen LogP contribution in [0, 0.1) is 6.92 Å². The van der Waals surface area contributed by atoms with Gasteiger partial charge in [0.2, 0.25) is 0 Å². The Balaban J connectivity index is 1.99. The van der Waals surface area contributed by atoms with E-state index in [1.165, 1.54) is 7.11 Å². The van der Waals surface area contributed by atoms with Gasteiger partial charge in [-0.15, -0.1) is 0 Å². The van der Waals surface area contributed by atoms with Gasteiger partial charge < -0.3 is 20.3 Å². The number of hydrogen-bond donors (Lipinski definition) is 3. The molecule has 0 radical (unpaired) electrons. The Morgan fingerprint density at radius 2 is 2.07 bits per heavy atom. The SMILES string of the molecule is CCC(CC)Nc1c2c(nc3c(-c4cc(O)c(OC)cc4Cl)c(C)nn13)CCC2O. The van der Waals surface area contributed by atoms with Gasteiger partial charge in [-0.3, -0.25) is 0 Å². The highest BCUT2D eigenvalue weighted by molar-refractivity contribution is 6.33. The number of rotatable bonds is 6. The minimum atomic E-state index is -0.560. The standard InChI is InChI=1S/C22H27ClN4O3/c1-5-12(6-2)24-22-20-15(7-8-16(20)28)25-21-19(11(3)26-27(21)22)13-9-17(29)18(30-4)10-14(13)23/h9-10,12,16,24,28-29H,5-8H2,1-4H3. The molecule has 0 aliphatic heterocycles. The predicted octanol–water partition coefficient (Wildman–Crippen LogP) is 4.65. The second-order valence-corrected chi connectivity index (χ2v) is 8.14. The number of benzene rings is 1. The van der Waals surface area contributed by atoms with Crippen LogP contribution in [0.25, 0.3) is 16.8 Å². The predicted molar refractivity (Wildman–Crippen MR) is 118 cm³/mol. The van der Waals surface area contributed by atoms with E-state index in [0.29, 0.717) is 34.8 Å². The lowest BCUT2D eigenvalue weighted by Crippen LogP contribution is -2.21. The van der Waals surface area contributed by atoms with Crippen LogP contribution in [0.2, 0.25) is 5.02 Å². The van der Waals surface area contributed by atoms with E-state index in [-0.39, 0.29) is 11.8 Å². The van der Waals surface area contributed by atoms with Crippen molar-refractivity contribution >= 4 is 23.1 Å². The average Bonchev–Trinajstić information content (AvgIpc) is 3.26. The molecule has 0 amide bonds. The van der Waals surface area contributed by atoms with Crippen LogP contribution in [0.3, 0.4) is 0 Å². The fraction of sp³-hybridized carbons (Fsp3) is 0.455. The fourth-order valence-corrected chi connectivity index (χ4v) is 4.46. The van der Waals surface area contributed by atoms with E-state index in [9.17, 15) is 10.2 Å². The summed E-state index contributed by atoms with van der Waals surface area (Å²) in [5.41, 5.74) is 4.49. The van der Waals surface area contributed by atoms with Crippen molar-refractivity contribution < 1.29 is 14.9 Å². The third-order valence-electron chi connectivity index (χ3n) is 5.91. The Bertz CT molecular complexity index is 1110. The van der Waals surface area contributed by atoms with Crippen molar-refractivity contribution in [1.29, 1.82) is 0 Å². The molecule has 1 atom stereocenters. The first-order valence-electron chi connectivity index (χ1n) is 10.3. The fourth-order valence-electron chi connectivity index (χ4n) is 4.21. The highest BCUT2D eigenvalue weighted by Gasteiger charge is 2.31. The van der Waals surface area contributed by atoms with Gasteiger partial charge in [0, 0.05) is 23.2 Å². The minimum Gasteiger partial charge on any atom is -0.504 e. The maximum absolute atomic E-state index is 10.6. The summed E-state index contributed by atoms with van der Waals surface area (Å²) in [4.78, 5) is 4.87. The number of aromatic hydroxyl groups is 1. The lowest BCUT2D eigenvalue weighted by atomic mass is 10.0.